The number of benzene rings is 1. The second kappa shape index (κ2) is 3.59. The zero-order valence-corrected chi connectivity index (χ0v) is 9.13. The van der Waals surface area contributed by atoms with E-state index in [9.17, 15) is 4.79 Å². The Morgan fingerprint density at radius 2 is 2.18 bits per heavy atom. The van der Waals surface area contributed by atoms with Gasteiger partial charge in [-0.15, -0.1) is 0 Å². The summed E-state index contributed by atoms with van der Waals surface area (Å²) in [6, 6.07) is 8.10. The fraction of sp³-hybridized carbons (Fsp3) is 0.0769. The van der Waals surface area contributed by atoms with Crippen LogP contribution in [-0.2, 0) is 6.42 Å². The Hall–Kier alpha value is -2.36. The molecule has 2 heterocycles. The third kappa shape index (κ3) is 1.54. The fourth-order valence-corrected chi connectivity index (χ4v) is 2.06. The maximum Gasteiger partial charge on any atom is 0.267 e. The van der Waals surface area contributed by atoms with Gasteiger partial charge in [0.25, 0.3) is 5.91 Å². The van der Waals surface area contributed by atoms with E-state index in [0.29, 0.717) is 12.1 Å². The molecule has 3 rings (SSSR count). The molecule has 2 aromatic rings. The number of carbonyl (C=O) groups excluding carboxylic acids is 1. The molecular weight excluding hydrogens is 214 g/mol. The van der Waals surface area contributed by atoms with Crippen LogP contribution in [0.3, 0.4) is 0 Å². The lowest BCUT2D eigenvalue weighted by atomic mass is 10.1. The summed E-state index contributed by atoms with van der Waals surface area (Å²) in [6.07, 6.45) is 6.04. The van der Waals surface area contributed by atoms with Crippen molar-refractivity contribution in [2.24, 2.45) is 5.73 Å². The van der Waals surface area contributed by atoms with Crippen molar-refractivity contribution in [1.29, 1.82) is 0 Å². The van der Waals surface area contributed by atoms with Crippen molar-refractivity contribution in [1.82, 2.24) is 9.55 Å². The van der Waals surface area contributed by atoms with E-state index >= 15 is 0 Å². The third-order valence-corrected chi connectivity index (χ3v) is 2.93. The largest absolute Gasteiger partial charge is 0.364 e. The summed E-state index contributed by atoms with van der Waals surface area (Å²) in [5.41, 5.74) is 8.07. The monoisotopic (exact) mass is 225 g/mol. The van der Waals surface area contributed by atoms with Crippen LogP contribution in [0.1, 0.15) is 27.4 Å². The van der Waals surface area contributed by atoms with Crippen molar-refractivity contribution in [2.75, 3.05) is 0 Å². The predicted molar refractivity (Wildman–Crippen MR) is 65.2 cm³/mol. The van der Waals surface area contributed by atoms with Gasteiger partial charge in [0.2, 0.25) is 0 Å². The SMILES string of the molecule is NC(=O)c1cnc2n1C=Cc1ccccc1C2. The van der Waals surface area contributed by atoms with Gasteiger partial charge in [-0.25, -0.2) is 4.98 Å². The van der Waals surface area contributed by atoms with Crippen molar-refractivity contribution < 1.29 is 4.79 Å². The minimum Gasteiger partial charge on any atom is -0.364 e. The smallest absolute Gasteiger partial charge is 0.267 e. The molecule has 0 saturated heterocycles. The molecule has 4 nitrogen and oxygen atoms in total. The first-order valence-electron chi connectivity index (χ1n) is 5.38. The number of amides is 1. The van der Waals surface area contributed by atoms with E-state index in [-0.39, 0.29) is 0 Å². The number of rotatable bonds is 1. The van der Waals surface area contributed by atoms with Crippen molar-refractivity contribution >= 4 is 18.2 Å². The highest BCUT2D eigenvalue weighted by atomic mass is 16.1. The highest BCUT2D eigenvalue weighted by Gasteiger charge is 2.15. The molecule has 1 amide bonds. The minimum atomic E-state index is -0.459. The van der Waals surface area contributed by atoms with Gasteiger partial charge in [0.05, 0.1) is 6.20 Å². The fourth-order valence-electron chi connectivity index (χ4n) is 2.06. The van der Waals surface area contributed by atoms with Crippen molar-refractivity contribution in [3.05, 3.63) is 53.1 Å². The van der Waals surface area contributed by atoms with Crippen molar-refractivity contribution in [2.45, 2.75) is 6.42 Å². The summed E-state index contributed by atoms with van der Waals surface area (Å²) in [5, 5.41) is 0. The van der Waals surface area contributed by atoms with Gasteiger partial charge in [-0.3, -0.25) is 9.36 Å². The van der Waals surface area contributed by atoms with E-state index in [2.05, 4.69) is 11.1 Å². The maximum atomic E-state index is 11.2. The number of fused-ring (bicyclic) bond motifs is 2. The predicted octanol–water partition coefficient (Wildman–Crippen LogP) is 1.51. The molecule has 0 bridgehead atoms. The Balaban J connectivity index is 2.16. The number of nitrogens with zero attached hydrogens (tertiary/aromatic N) is 2. The van der Waals surface area contributed by atoms with Gasteiger partial charge in [-0.05, 0) is 17.2 Å². The molecule has 0 unspecified atom stereocenters. The molecule has 1 aliphatic heterocycles. The van der Waals surface area contributed by atoms with Crippen LogP contribution in [0.15, 0.2) is 30.5 Å². The van der Waals surface area contributed by atoms with E-state index in [0.717, 1.165) is 11.4 Å². The quantitative estimate of drug-likeness (QED) is 0.682. The Kier molecular flexibility index (Phi) is 2.08. The van der Waals surface area contributed by atoms with Gasteiger partial charge in [-0.1, -0.05) is 24.3 Å². The topological polar surface area (TPSA) is 60.9 Å². The standard InChI is InChI=1S/C13H11N3O/c14-13(17)11-8-15-12-7-10-4-2-1-3-9(10)5-6-16(11)12/h1-6,8H,7H2,(H2,14,17). The van der Waals surface area contributed by atoms with E-state index in [1.807, 2.05) is 30.5 Å². The molecule has 0 saturated carbocycles. The van der Waals surface area contributed by atoms with Gasteiger partial charge in [-0.2, -0.15) is 0 Å². The first-order valence-corrected chi connectivity index (χ1v) is 5.38. The van der Waals surface area contributed by atoms with E-state index in [1.165, 1.54) is 11.8 Å². The van der Waals surface area contributed by atoms with Gasteiger partial charge in [0.15, 0.2) is 0 Å². The maximum absolute atomic E-state index is 11.2. The van der Waals surface area contributed by atoms with Crippen LogP contribution in [0.25, 0.3) is 12.3 Å². The van der Waals surface area contributed by atoms with Crippen molar-refractivity contribution in [3.63, 3.8) is 0 Å². The average molecular weight is 225 g/mol. The lowest BCUT2D eigenvalue weighted by molar-refractivity contribution is 0.0994. The molecular formula is C13H11N3O. The Morgan fingerprint density at radius 3 is 3.00 bits per heavy atom. The zero-order valence-electron chi connectivity index (χ0n) is 9.13. The molecule has 0 spiro atoms. The molecule has 1 aromatic carbocycles. The number of aromatic nitrogens is 2. The van der Waals surface area contributed by atoms with Crippen LogP contribution >= 0.6 is 0 Å². The Bertz CT molecular complexity index is 625. The second-order valence-corrected chi connectivity index (χ2v) is 3.99. The van der Waals surface area contributed by atoms with Crippen LogP contribution in [0.5, 0.6) is 0 Å². The molecule has 0 atom stereocenters. The Labute approximate surface area is 98.4 Å². The van der Waals surface area contributed by atoms with Crippen LogP contribution < -0.4 is 5.73 Å². The van der Waals surface area contributed by atoms with E-state index in [1.54, 1.807) is 4.57 Å². The summed E-state index contributed by atoms with van der Waals surface area (Å²) in [7, 11) is 0. The van der Waals surface area contributed by atoms with Crippen LogP contribution in [0.2, 0.25) is 0 Å². The Morgan fingerprint density at radius 1 is 1.35 bits per heavy atom. The summed E-state index contributed by atoms with van der Waals surface area (Å²) in [5.74, 6) is 0.374. The van der Waals surface area contributed by atoms with Gasteiger partial charge < -0.3 is 5.73 Å². The number of imidazole rings is 1. The normalized spacial score (nSPS) is 12.7. The highest BCUT2D eigenvalue weighted by molar-refractivity contribution is 5.92. The number of nitrogens with two attached hydrogens (primary N) is 1. The van der Waals surface area contributed by atoms with Gasteiger partial charge in [0, 0.05) is 12.6 Å². The van der Waals surface area contributed by atoms with Crippen molar-refractivity contribution in [3.8, 4) is 0 Å². The molecule has 84 valence electrons. The molecule has 2 N–H and O–H groups in total. The van der Waals surface area contributed by atoms with Crippen LogP contribution in [-0.4, -0.2) is 15.5 Å². The average Bonchev–Trinajstić information content (AvgIpc) is 2.63. The summed E-state index contributed by atoms with van der Waals surface area (Å²) >= 11 is 0. The number of carbonyl (C=O) groups is 1. The van der Waals surface area contributed by atoms with E-state index in [4.69, 9.17) is 5.73 Å². The summed E-state index contributed by atoms with van der Waals surface area (Å²) in [4.78, 5) is 15.5. The molecule has 0 aliphatic carbocycles. The second-order valence-electron chi connectivity index (χ2n) is 3.99. The zero-order chi connectivity index (χ0) is 11.8. The summed E-state index contributed by atoms with van der Waals surface area (Å²) in [6.45, 7) is 0. The lowest BCUT2D eigenvalue weighted by Gasteiger charge is -2.02. The van der Waals surface area contributed by atoms with Crippen LogP contribution in [0, 0.1) is 0 Å². The lowest BCUT2D eigenvalue weighted by Crippen LogP contribution is -2.15. The molecule has 1 aromatic heterocycles. The van der Waals surface area contributed by atoms with Gasteiger partial charge >= 0.3 is 0 Å². The number of hydrogen-bond donors (Lipinski definition) is 1. The summed E-state index contributed by atoms with van der Waals surface area (Å²) < 4.78 is 1.75. The highest BCUT2D eigenvalue weighted by Crippen LogP contribution is 2.20. The molecule has 4 heteroatoms. The van der Waals surface area contributed by atoms with Crippen LogP contribution in [0.4, 0.5) is 0 Å². The number of primary amides is 1. The first kappa shape index (κ1) is 9.84. The van der Waals surface area contributed by atoms with E-state index < -0.39 is 5.91 Å². The molecule has 1 aliphatic rings. The third-order valence-electron chi connectivity index (χ3n) is 2.93. The van der Waals surface area contributed by atoms with Gasteiger partial charge in [0.1, 0.15) is 11.5 Å². The minimum absolute atomic E-state index is 0.420. The number of hydrogen-bond acceptors (Lipinski definition) is 2. The molecule has 0 fully saturated rings. The molecule has 17 heavy (non-hydrogen) atoms. The first-order chi connectivity index (χ1) is 8.25. The molecule has 0 radical (unpaired) electrons.